The topological polar surface area (TPSA) is 62.1 Å². The predicted octanol–water partition coefficient (Wildman–Crippen LogP) is 1.70. The second kappa shape index (κ2) is 6.25. The van der Waals surface area contributed by atoms with E-state index in [0.29, 0.717) is 6.61 Å². The average Bonchev–Trinajstić information content (AvgIpc) is 2.29. The van der Waals surface area contributed by atoms with E-state index < -0.39 is 5.91 Å². The Kier molecular flexibility index (Phi) is 4.61. The van der Waals surface area contributed by atoms with Crippen molar-refractivity contribution in [2.75, 3.05) is 6.61 Å². The molecule has 1 amide bonds. The zero-order chi connectivity index (χ0) is 11.8. The standard InChI is InChI=1S/C12H12N2O2/c1-2-16-11-6-3-10(4-7-11)5-8-12(15)14-9-13/h3-8H,2H2,1H3,(H,14,15). The Hall–Kier alpha value is -2.28. The number of rotatable bonds is 4. The number of nitrogens with zero attached hydrogens (tertiary/aromatic N) is 1. The molecule has 1 rings (SSSR count). The predicted molar refractivity (Wildman–Crippen MR) is 60.4 cm³/mol. The van der Waals surface area contributed by atoms with Crippen LogP contribution in [0.1, 0.15) is 12.5 Å². The fourth-order valence-electron chi connectivity index (χ4n) is 1.11. The Morgan fingerprint density at radius 2 is 2.19 bits per heavy atom. The average molecular weight is 216 g/mol. The van der Waals surface area contributed by atoms with E-state index in [1.807, 2.05) is 36.5 Å². The summed E-state index contributed by atoms with van der Waals surface area (Å²) in [5.41, 5.74) is 0.872. The van der Waals surface area contributed by atoms with Gasteiger partial charge in [0.05, 0.1) is 6.61 Å². The molecular formula is C12H12N2O2. The summed E-state index contributed by atoms with van der Waals surface area (Å²) in [6, 6.07) is 7.32. The molecule has 0 atom stereocenters. The third-order valence-corrected chi connectivity index (χ3v) is 1.80. The minimum Gasteiger partial charge on any atom is -0.494 e. The molecule has 0 aromatic heterocycles. The Morgan fingerprint density at radius 3 is 2.75 bits per heavy atom. The highest BCUT2D eigenvalue weighted by atomic mass is 16.5. The molecule has 0 aliphatic carbocycles. The number of amides is 1. The van der Waals surface area contributed by atoms with Crippen molar-refractivity contribution in [3.8, 4) is 11.9 Å². The summed E-state index contributed by atoms with van der Waals surface area (Å²) in [5.74, 6) is 0.359. The molecule has 0 spiro atoms. The first-order valence-corrected chi connectivity index (χ1v) is 4.86. The lowest BCUT2D eigenvalue weighted by molar-refractivity contribution is -0.115. The summed E-state index contributed by atoms with van der Waals surface area (Å²) in [4.78, 5) is 10.9. The van der Waals surface area contributed by atoms with E-state index >= 15 is 0 Å². The molecule has 0 saturated carbocycles. The van der Waals surface area contributed by atoms with E-state index in [9.17, 15) is 4.79 Å². The van der Waals surface area contributed by atoms with Gasteiger partial charge >= 0.3 is 0 Å². The molecule has 4 heteroatoms. The molecule has 0 unspecified atom stereocenters. The lowest BCUT2D eigenvalue weighted by atomic mass is 10.2. The molecule has 0 saturated heterocycles. The van der Waals surface area contributed by atoms with Gasteiger partial charge in [0, 0.05) is 6.08 Å². The van der Waals surface area contributed by atoms with Gasteiger partial charge in [-0.15, -0.1) is 0 Å². The second-order valence-electron chi connectivity index (χ2n) is 2.94. The summed E-state index contributed by atoms with van der Waals surface area (Å²) >= 11 is 0. The monoisotopic (exact) mass is 216 g/mol. The number of carbonyl (C=O) groups excluding carboxylic acids is 1. The molecule has 1 N–H and O–H groups in total. The number of nitrogens with one attached hydrogen (secondary N) is 1. The smallest absolute Gasteiger partial charge is 0.256 e. The van der Waals surface area contributed by atoms with Crippen molar-refractivity contribution in [2.45, 2.75) is 6.92 Å². The molecule has 0 heterocycles. The highest BCUT2D eigenvalue weighted by molar-refractivity contribution is 5.92. The SMILES string of the molecule is CCOc1ccc(C=CC(=O)NC#N)cc1. The maximum Gasteiger partial charge on any atom is 0.256 e. The number of benzene rings is 1. The first kappa shape index (κ1) is 11.8. The molecule has 0 fully saturated rings. The van der Waals surface area contributed by atoms with Crippen molar-refractivity contribution >= 4 is 12.0 Å². The van der Waals surface area contributed by atoms with Gasteiger partial charge in [-0.1, -0.05) is 12.1 Å². The quantitative estimate of drug-likeness (QED) is 0.473. The second-order valence-corrected chi connectivity index (χ2v) is 2.94. The van der Waals surface area contributed by atoms with Gasteiger partial charge in [0.1, 0.15) is 5.75 Å². The van der Waals surface area contributed by atoms with E-state index in [-0.39, 0.29) is 0 Å². The van der Waals surface area contributed by atoms with Crippen molar-refractivity contribution < 1.29 is 9.53 Å². The van der Waals surface area contributed by atoms with Crippen molar-refractivity contribution in [2.24, 2.45) is 0 Å². The molecule has 1 aromatic rings. The zero-order valence-corrected chi connectivity index (χ0v) is 8.93. The van der Waals surface area contributed by atoms with Gasteiger partial charge < -0.3 is 4.74 Å². The summed E-state index contributed by atoms with van der Waals surface area (Å²) in [5, 5.41) is 10.2. The third-order valence-electron chi connectivity index (χ3n) is 1.80. The van der Waals surface area contributed by atoms with Crippen LogP contribution in [0.4, 0.5) is 0 Å². The van der Waals surface area contributed by atoms with E-state index in [1.165, 1.54) is 6.08 Å². The molecule has 0 bridgehead atoms. The zero-order valence-electron chi connectivity index (χ0n) is 8.93. The number of ether oxygens (including phenoxy) is 1. The number of hydrogen-bond donors (Lipinski definition) is 1. The van der Waals surface area contributed by atoms with Crippen LogP contribution in [0.2, 0.25) is 0 Å². The molecule has 1 aromatic carbocycles. The molecule has 0 radical (unpaired) electrons. The van der Waals surface area contributed by atoms with E-state index in [1.54, 1.807) is 12.3 Å². The highest BCUT2D eigenvalue weighted by Gasteiger charge is 1.94. The van der Waals surface area contributed by atoms with E-state index in [2.05, 4.69) is 0 Å². The molecule has 4 nitrogen and oxygen atoms in total. The Labute approximate surface area is 94.1 Å². The van der Waals surface area contributed by atoms with Crippen LogP contribution < -0.4 is 10.1 Å². The molecule has 0 aliphatic rings. The summed E-state index contributed by atoms with van der Waals surface area (Å²) < 4.78 is 5.28. The minimum atomic E-state index is -0.434. The van der Waals surface area contributed by atoms with Crippen LogP contribution >= 0.6 is 0 Å². The fourth-order valence-corrected chi connectivity index (χ4v) is 1.11. The molecule has 16 heavy (non-hydrogen) atoms. The van der Waals surface area contributed by atoms with Crippen LogP contribution in [0.3, 0.4) is 0 Å². The maximum absolute atomic E-state index is 10.9. The normalized spacial score (nSPS) is 9.75. The van der Waals surface area contributed by atoms with Gasteiger partial charge in [0.2, 0.25) is 0 Å². The summed E-state index contributed by atoms with van der Waals surface area (Å²) in [7, 11) is 0. The van der Waals surface area contributed by atoms with E-state index in [0.717, 1.165) is 11.3 Å². The molecule has 82 valence electrons. The minimum absolute atomic E-state index is 0.434. The number of carbonyl (C=O) groups is 1. The number of nitriles is 1. The van der Waals surface area contributed by atoms with Crippen molar-refractivity contribution in [3.05, 3.63) is 35.9 Å². The van der Waals surface area contributed by atoms with Crippen LogP contribution in [0.5, 0.6) is 5.75 Å². The Morgan fingerprint density at radius 1 is 1.50 bits per heavy atom. The van der Waals surface area contributed by atoms with Crippen molar-refractivity contribution in [1.82, 2.24) is 5.32 Å². The van der Waals surface area contributed by atoms with Crippen LogP contribution in [-0.2, 0) is 4.79 Å². The van der Waals surface area contributed by atoms with Crippen LogP contribution in [0, 0.1) is 11.5 Å². The molecule has 0 aliphatic heterocycles. The summed E-state index contributed by atoms with van der Waals surface area (Å²) in [6.07, 6.45) is 4.49. The Balaban J connectivity index is 2.62. The first-order valence-electron chi connectivity index (χ1n) is 4.86. The highest BCUT2D eigenvalue weighted by Crippen LogP contribution is 2.12. The third kappa shape index (κ3) is 3.84. The number of hydrogen-bond acceptors (Lipinski definition) is 3. The van der Waals surface area contributed by atoms with Gasteiger partial charge in [0.25, 0.3) is 5.91 Å². The largest absolute Gasteiger partial charge is 0.494 e. The lowest BCUT2D eigenvalue weighted by Gasteiger charge is -2.01. The van der Waals surface area contributed by atoms with Crippen molar-refractivity contribution in [3.63, 3.8) is 0 Å². The van der Waals surface area contributed by atoms with Gasteiger partial charge in [0.15, 0.2) is 6.19 Å². The maximum atomic E-state index is 10.9. The first-order chi connectivity index (χ1) is 7.76. The van der Waals surface area contributed by atoms with Gasteiger partial charge in [-0.25, -0.2) is 0 Å². The lowest BCUT2D eigenvalue weighted by Crippen LogP contribution is -2.13. The van der Waals surface area contributed by atoms with Crippen molar-refractivity contribution in [1.29, 1.82) is 5.26 Å². The molecular weight excluding hydrogens is 204 g/mol. The van der Waals surface area contributed by atoms with Crippen LogP contribution in [0.15, 0.2) is 30.3 Å². The van der Waals surface area contributed by atoms with E-state index in [4.69, 9.17) is 10.00 Å². The Bertz CT molecular complexity index is 416. The van der Waals surface area contributed by atoms with Crippen LogP contribution in [0.25, 0.3) is 6.08 Å². The fraction of sp³-hybridized carbons (Fsp3) is 0.167. The summed E-state index contributed by atoms with van der Waals surface area (Å²) in [6.45, 7) is 2.54. The van der Waals surface area contributed by atoms with Crippen LogP contribution in [-0.4, -0.2) is 12.5 Å². The van der Waals surface area contributed by atoms with Gasteiger partial charge in [-0.2, -0.15) is 5.26 Å². The van der Waals surface area contributed by atoms with Gasteiger partial charge in [-0.05, 0) is 30.7 Å². The van der Waals surface area contributed by atoms with Gasteiger partial charge in [-0.3, -0.25) is 10.1 Å².